The number of hydrogen-bond acceptors (Lipinski definition) is 2. The molecule has 4 heteroatoms. The first-order chi connectivity index (χ1) is 12.4. The Balaban J connectivity index is 2.18. The summed E-state index contributed by atoms with van der Waals surface area (Å²) in [5.74, 6) is 0.803. The van der Waals surface area contributed by atoms with Crippen LogP contribution in [0.15, 0.2) is 89.4 Å². The molecule has 0 saturated carbocycles. The Bertz CT molecular complexity index is 788. The highest BCUT2D eigenvalue weighted by Crippen LogP contribution is 2.24. The zero-order valence-corrected chi connectivity index (χ0v) is 17.9. The Hall–Kier alpha value is -1.88. The summed E-state index contributed by atoms with van der Waals surface area (Å²) in [7, 11) is -2.96. The van der Waals surface area contributed by atoms with Gasteiger partial charge in [-0.3, -0.25) is 0 Å². The lowest BCUT2D eigenvalue weighted by Gasteiger charge is -2.37. The molecule has 0 heterocycles. The summed E-state index contributed by atoms with van der Waals surface area (Å²) in [5.41, 5.74) is -0.354. The standard InChI is InChI=1S/C22H23BrO2Si/c1-22(2,3)25-26(20-10-6-4-7-11-20,21-12-8-5-9-13-21)24-19-16-14-18(23)15-17-19/h4-17H,1-3H3. The van der Waals surface area contributed by atoms with E-state index in [4.69, 9.17) is 8.85 Å². The molecular weight excluding hydrogens is 404 g/mol. The van der Waals surface area contributed by atoms with Crippen LogP contribution in [0.2, 0.25) is 0 Å². The molecule has 0 atom stereocenters. The molecule has 0 aromatic heterocycles. The predicted molar refractivity (Wildman–Crippen MR) is 114 cm³/mol. The summed E-state index contributed by atoms with van der Waals surface area (Å²) in [6, 6.07) is 28.5. The van der Waals surface area contributed by atoms with E-state index in [9.17, 15) is 0 Å². The molecule has 0 unspecified atom stereocenters. The minimum atomic E-state index is -2.96. The first kappa shape index (κ1) is 18.9. The largest absolute Gasteiger partial charge is 0.514 e. The van der Waals surface area contributed by atoms with Gasteiger partial charge in [0.05, 0.1) is 5.60 Å². The van der Waals surface area contributed by atoms with E-state index >= 15 is 0 Å². The van der Waals surface area contributed by atoms with Crippen LogP contribution in [0.25, 0.3) is 0 Å². The molecule has 0 aliphatic carbocycles. The van der Waals surface area contributed by atoms with Gasteiger partial charge < -0.3 is 8.85 Å². The van der Waals surface area contributed by atoms with Gasteiger partial charge >= 0.3 is 8.56 Å². The third kappa shape index (κ3) is 4.44. The van der Waals surface area contributed by atoms with Crippen molar-refractivity contribution in [1.82, 2.24) is 0 Å². The lowest BCUT2D eigenvalue weighted by molar-refractivity contribution is 0.101. The van der Waals surface area contributed by atoms with Crippen molar-refractivity contribution in [3.63, 3.8) is 0 Å². The van der Waals surface area contributed by atoms with Crippen LogP contribution in [-0.2, 0) is 4.43 Å². The molecular formula is C22H23BrO2Si. The molecule has 0 bridgehead atoms. The maximum Gasteiger partial charge on any atom is 0.469 e. The van der Waals surface area contributed by atoms with Gasteiger partial charge in [0.25, 0.3) is 0 Å². The van der Waals surface area contributed by atoms with Gasteiger partial charge in [-0.2, -0.15) is 0 Å². The third-order valence-corrected chi connectivity index (χ3v) is 7.97. The summed E-state index contributed by atoms with van der Waals surface area (Å²) in [5, 5.41) is 2.17. The molecule has 2 nitrogen and oxygen atoms in total. The SMILES string of the molecule is CC(C)(C)O[Si](Oc1ccc(Br)cc1)(c1ccccc1)c1ccccc1. The van der Waals surface area contributed by atoms with Gasteiger partial charge in [0, 0.05) is 14.8 Å². The van der Waals surface area contributed by atoms with E-state index in [1.807, 2.05) is 60.7 Å². The van der Waals surface area contributed by atoms with Crippen molar-refractivity contribution in [2.24, 2.45) is 0 Å². The molecule has 0 amide bonds. The van der Waals surface area contributed by atoms with Crippen molar-refractivity contribution < 1.29 is 8.85 Å². The van der Waals surface area contributed by atoms with Crippen molar-refractivity contribution >= 4 is 34.9 Å². The summed E-state index contributed by atoms with van der Waals surface area (Å²) >= 11 is 3.49. The maximum atomic E-state index is 6.74. The normalized spacial score (nSPS) is 12.0. The molecule has 0 aliphatic rings. The van der Waals surface area contributed by atoms with Crippen molar-refractivity contribution in [3.05, 3.63) is 89.4 Å². The minimum Gasteiger partial charge on any atom is -0.514 e. The van der Waals surface area contributed by atoms with Crippen LogP contribution in [0.1, 0.15) is 20.8 Å². The predicted octanol–water partition coefficient (Wildman–Crippen LogP) is 4.90. The van der Waals surface area contributed by atoms with Crippen LogP contribution in [0.5, 0.6) is 5.75 Å². The molecule has 3 aromatic carbocycles. The lowest BCUT2D eigenvalue weighted by Crippen LogP contribution is -2.68. The Morgan fingerprint density at radius 2 is 1.15 bits per heavy atom. The molecule has 0 radical (unpaired) electrons. The average molecular weight is 427 g/mol. The number of hydrogen-bond donors (Lipinski definition) is 0. The van der Waals surface area contributed by atoms with Crippen molar-refractivity contribution in [1.29, 1.82) is 0 Å². The van der Waals surface area contributed by atoms with E-state index in [0.29, 0.717) is 0 Å². The van der Waals surface area contributed by atoms with E-state index in [0.717, 1.165) is 20.6 Å². The zero-order valence-electron chi connectivity index (χ0n) is 15.3. The van der Waals surface area contributed by atoms with Crippen LogP contribution >= 0.6 is 15.9 Å². The first-order valence-corrected chi connectivity index (χ1v) is 11.3. The van der Waals surface area contributed by atoms with Gasteiger partial charge in [-0.1, -0.05) is 76.6 Å². The minimum absolute atomic E-state index is 0.354. The highest BCUT2D eigenvalue weighted by atomic mass is 79.9. The van der Waals surface area contributed by atoms with Gasteiger partial charge in [0.2, 0.25) is 0 Å². The van der Waals surface area contributed by atoms with Crippen LogP contribution in [0.4, 0.5) is 0 Å². The summed E-state index contributed by atoms with van der Waals surface area (Å²) in [4.78, 5) is 0. The average Bonchev–Trinajstić information content (AvgIpc) is 2.63. The molecule has 3 aromatic rings. The van der Waals surface area contributed by atoms with Gasteiger partial charge in [0.1, 0.15) is 5.75 Å². The molecule has 0 saturated heterocycles. The van der Waals surface area contributed by atoms with Gasteiger partial charge in [-0.05, 0) is 45.0 Å². The third-order valence-electron chi connectivity index (χ3n) is 3.83. The molecule has 134 valence electrons. The summed E-state index contributed by atoms with van der Waals surface area (Å²) in [6.45, 7) is 6.22. The van der Waals surface area contributed by atoms with Crippen LogP contribution in [-0.4, -0.2) is 14.2 Å². The molecule has 3 rings (SSSR count). The Kier molecular flexibility index (Phi) is 5.66. The van der Waals surface area contributed by atoms with Gasteiger partial charge in [0.15, 0.2) is 0 Å². The number of halogens is 1. The van der Waals surface area contributed by atoms with E-state index in [-0.39, 0.29) is 5.60 Å². The summed E-state index contributed by atoms with van der Waals surface area (Å²) < 4.78 is 14.5. The quantitative estimate of drug-likeness (QED) is 0.540. The topological polar surface area (TPSA) is 18.5 Å². The Labute approximate surface area is 165 Å². The molecule has 0 spiro atoms. The summed E-state index contributed by atoms with van der Waals surface area (Å²) in [6.07, 6.45) is 0. The molecule has 0 aliphatic heterocycles. The van der Waals surface area contributed by atoms with Crippen LogP contribution in [0, 0.1) is 0 Å². The van der Waals surface area contributed by atoms with Crippen molar-refractivity contribution in [3.8, 4) is 5.75 Å². The fraction of sp³-hybridized carbons (Fsp3) is 0.182. The molecule has 0 N–H and O–H groups in total. The van der Waals surface area contributed by atoms with E-state index < -0.39 is 8.56 Å². The monoisotopic (exact) mass is 426 g/mol. The fourth-order valence-corrected chi connectivity index (χ4v) is 6.54. The maximum absolute atomic E-state index is 6.74. The number of benzene rings is 3. The van der Waals surface area contributed by atoms with E-state index in [1.165, 1.54) is 0 Å². The smallest absolute Gasteiger partial charge is 0.469 e. The zero-order chi connectivity index (χ0) is 18.6. The van der Waals surface area contributed by atoms with Gasteiger partial charge in [-0.15, -0.1) is 0 Å². The van der Waals surface area contributed by atoms with Crippen molar-refractivity contribution in [2.45, 2.75) is 26.4 Å². The second-order valence-electron chi connectivity index (χ2n) is 7.12. The van der Waals surface area contributed by atoms with Crippen molar-refractivity contribution in [2.75, 3.05) is 0 Å². The highest BCUT2D eigenvalue weighted by Gasteiger charge is 2.47. The van der Waals surface area contributed by atoms with Crippen LogP contribution in [0.3, 0.4) is 0 Å². The second-order valence-corrected chi connectivity index (χ2v) is 10.8. The van der Waals surface area contributed by atoms with E-state index in [1.54, 1.807) is 0 Å². The van der Waals surface area contributed by atoms with Crippen LogP contribution < -0.4 is 14.8 Å². The highest BCUT2D eigenvalue weighted by molar-refractivity contribution is 9.10. The second kappa shape index (κ2) is 7.78. The lowest BCUT2D eigenvalue weighted by atomic mass is 10.2. The number of rotatable bonds is 5. The first-order valence-electron chi connectivity index (χ1n) is 8.65. The Morgan fingerprint density at radius 3 is 1.58 bits per heavy atom. The Morgan fingerprint density at radius 1 is 0.692 bits per heavy atom. The van der Waals surface area contributed by atoms with Gasteiger partial charge in [-0.25, -0.2) is 0 Å². The molecule has 0 fully saturated rings. The molecule has 26 heavy (non-hydrogen) atoms. The fourth-order valence-electron chi connectivity index (χ4n) is 2.84. The van der Waals surface area contributed by atoms with E-state index in [2.05, 4.69) is 61.0 Å².